The van der Waals surface area contributed by atoms with E-state index in [0.717, 1.165) is 6.42 Å². The van der Waals surface area contributed by atoms with Crippen molar-refractivity contribution in [1.29, 1.82) is 0 Å². The second kappa shape index (κ2) is 6.96. The summed E-state index contributed by atoms with van der Waals surface area (Å²) in [5.74, 6) is -0.716. The van der Waals surface area contributed by atoms with Gasteiger partial charge in [0.1, 0.15) is 0 Å². The molecule has 0 saturated carbocycles. The van der Waals surface area contributed by atoms with E-state index in [2.05, 4.69) is 0 Å². The van der Waals surface area contributed by atoms with Gasteiger partial charge in [-0.25, -0.2) is 0 Å². The SMILES string of the molecule is O=C(/C=C(/c1ccccc1)C(F)(F)F)N1CCCC(CO)C1. The maximum atomic E-state index is 13.2. The average Bonchev–Trinajstić information content (AvgIpc) is 2.52. The number of aliphatic hydroxyl groups excluding tert-OH is 1. The topological polar surface area (TPSA) is 40.5 Å². The molecule has 1 atom stereocenters. The average molecular weight is 313 g/mol. The number of likely N-dealkylation sites (tertiary alicyclic amines) is 1. The van der Waals surface area contributed by atoms with Gasteiger partial charge in [-0.1, -0.05) is 30.3 Å². The Hall–Kier alpha value is -1.82. The molecule has 1 unspecified atom stereocenters. The summed E-state index contributed by atoms with van der Waals surface area (Å²) < 4.78 is 39.6. The van der Waals surface area contributed by atoms with Crippen molar-refractivity contribution in [3.8, 4) is 0 Å². The highest BCUT2D eigenvalue weighted by Gasteiger charge is 2.36. The van der Waals surface area contributed by atoms with Crippen molar-refractivity contribution in [2.75, 3.05) is 19.7 Å². The van der Waals surface area contributed by atoms with E-state index in [0.29, 0.717) is 25.6 Å². The van der Waals surface area contributed by atoms with Crippen molar-refractivity contribution in [1.82, 2.24) is 4.90 Å². The lowest BCUT2D eigenvalue weighted by atomic mass is 9.98. The van der Waals surface area contributed by atoms with Crippen LogP contribution in [0.3, 0.4) is 0 Å². The molecule has 0 spiro atoms. The lowest BCUT2D eigenvalue weighted by Gasteiger charge is -2.31. The van der Waals surface area contributed by atoms with Crippen LogP contribution in [0.2, 0.25) is 0 Å². The lowest BCUT2D eigenvalue weighted by Crippen LogP contribution is -2.40. The van der Waals surface area contributed by atoms with Crippen LogP contribution in [-0.2, 0) is 4.79 Å². The van der Waals surface area contributed by atoms with E-state index >= 15 is 0 Å². The van der Waals surface area contributed by atoms with Gasteiger partial charge in [-0.15, -0.1) is 0 Å². The Morgan fingerprint density at radius 1 is 1.32 bits per heavy atom. The van der Waals surface area contributed by atoms with E-state index < -0.39 is 17.7 Å². The zero-order valence-electron chi connectivity index (χ0n) is 12.0. The summed E-state index contributed by atoms with van der Waals surface area (Å²) in [5.41, 5.74) is -0.969. The molecular formula is C16H18F3NO2. The van der Waals surface area contributed by atoms with E-state index in [1.807, 2.05) is 0 Å². The molecule has 22 heavy (non-hydrogen) atoms. The maximum Gasteiger partial charge on any atom is 0.417 e. The van der Waals surface area contributed by atoms with Crippen LogP contribution in [0.25, 0.3) is 5.57 Å². The van der Waals surface area contributed by atoms with Crippen molar-refractivity contribution in [2.45, 2.75) is 19.0 Å². The molecule has 6 heteroatoms. The van der Waals surface area contributed by atoms with Crippen LogP contribution in [0, 0.1) is 5.92 Å². The molecule has 1 fully saturated rings. The summed E-state index contributed by atoms with van der Waals surface area (Å²) in [6, 6.07) is 7.29. The highest BCUT2D eigenvalue weighted by atomic mass is 19.4. The minimum atomic E-state index is -4.59. The van der Waals surface area contributed by atoms with Gasteiger partial charge in [-0.3, -0.25) is 4.79 Å². The largest absolute Gasteiger partial charge is 0.417 e. The predicted octanol–water partition coefficient (Wildman–Crippen LogP) is 2.86. The van der Waals surface area contributed by atoms with Crippen molar-refractivity contribution in [3.05, 3.63) is 42.0 Å². The van der Waals surface area contributed by atoms with Crippen LogP contribution >= 0.6 is 0 Å². The van der Waals surface area contributed by atoms with Gasteiger partial charge in [0.25, 0.3) is 0 Å². The molecule has 1 heterocycles. The summed E-state index contributed by atoms with van der Waals surface area (Å²) in [7, 11) is 0. The van der Waals surface area contributed by atoms with Crippen molar-refractivity contribution in [3.63, 3.8) is 0 Å². The number of nitrogens with zero attached hydrogens (tertiary/aromatic N) is 1. The van der Waals surface area contributed by atoms with Crippen LogP contribution < -0.4 is 0 Å². The molecular weight excluding hydrogens is 295 g/mol. The highest BCUT2D eigenvalue weighted by Crippen LogP contribution is 2.34. The minimum Gasteiger partial charge on any atom is -0.396 e. The number of hydrogen-bond acceptors (Lipinski definition) is 2. The van der Waals surface area contributed by atoms with E-state index in [1.54, 1.807) is 6.07 Å². The molecule has 1 aliphatic rings. The maximum absolute atomic E-state index is 13.2. The molecule has 2 rings (SSSR count). The van der Waals surface area contributed by atoms with Crippen molar-refractivity contribution >= 4 is 11.5 Å². The van der Waals surface area contributed by atoms with E-state index in [9.17, 15) is 18.0 Å². The quantitative estimate of drug-likeness (QED) is 0.872. The Kier molecular flexibility index (Phi) is 5.24. The second-order valence-corrected chi connectivity index (χ2v) is 5.40. The van der Waals surface area contributed by atoms with Gasteiger partial charge >= 0.3 is 6.18 Å². The van der Waals surface area contributed by atoms with E-state index in [1.165, 1.54) is 29.2 Å². The molecule has 1 aliphatic heterocycles. The lowest BCUT2D eigenvalue weighted by molar-refractivity contribution is -0.128. The number of benzene rings is 1. The van der Waals surface area contributed by atoms with Gasteiger partial charge in [-0.05, 0) is 24.3 Å². The van der Waals surface area contributed by atoms with Crippen LogP contribution in [0.5, 0.6) is 0 Å². The van der Waals surface area contributed by atoms with Crippen LogP contribution in [0.4, 0.5) is 13.2 Å². The zero-order chi connectivity index (χ0) is 16.2. The molecule has 0 radical (unpaired) electrons. The fourth-order valence-corrected chi connectivity index (χ4v) is 2.58. The monoisotopic (exact) mass is 313 g/mol. The van der Waals surface area contributed by atoms with Gasteiger partial charge in [0.15, 0.2) is 0 Å². The molecule has 1 saturated heterocycles. The molecule has 0 aliphatic carbocycles. The molecule has 0 bridgehead atoms. The molecule has 1 aromatic rings. The summed E-state index contributed by atoms with van der Waals surface area (Å²) in [5, 5.41) is 9.15. The minimum absolute atomic E-state index is 0.0286. The number of rotatable bonds is 3. The number of allylic oxidation sites excluding steroid dienone is 1. The summed E-state index contributed by atoms with van der Waals surface area (Å²) in [4.78, 5) is 13.5. The summed E-state index contributed by atoms with van der Waals surface area (Å²) in [6.45, 7) is 0.663. The molecule has 3 nitrogen and oxygen atoms in total. The summed E-state index contributed by atoms with van der Waals surface area (Å²) >= 11 is 0. The first kappa shape index (κ1) is 16.5. The fraction of sp³-hybridized carbons (Fsp3) is 0.438. The first-order chi connectivity index (χ1) is 10.4. The Morgan fingerprint density at radius 2 is 2.00 bits per heavy atom. The van der Waals surface area contributed by atoms with Gasteiger partial charge in [0, 0.05) is 25.8 Å². The van der Waals surface area contributed by atoms with Gasteiger partial charge in [0.05, 0.1) is 5.57 Å². The van der Waals surface area contributed by atoms with Crippen molar-refractivity contribution in [2.24, 2.45) is 5.92 Å². The molecule has 1 N–H and O–H groups in total. The number of halogens is 3. The van der Waals surface area contributed by atoms with Crippen LogP contribution in [-0.4, -0.2) is 41.8 Å². The molecule has 120 valence electrons. The number of carbonyl (C=O) groups excluding carboxylic acids is 1. The normalized spacial score (nSPS) is 20.1. The van der Waals surface area contributed by atoms with Gasteiger partial charge < -0.3 is 10.0 Å². The van der Waals surface area contributed by atoms with Gasteiger partial charge in [0.2, 0.25) is 5.91 Å². The number of hydrogen-bond donors (Lipinski definition) is 1. The molecule has 1 aromatic carbocycles. The number of carbonyl (C=O) groups is 1. The Bertz CT molecular complexity index is 540. The Morgan fingerprint density at radius 3 is 2.59 bits per heavy atom. The first-order valence-electron chi connectivity index (χ1n) is 7.16. The number of amides is 1. The molecule has 1 amide bonds. The first-order valence-corrected chi connectivity index (χ1v) is 7.16. The van der Waals surface area contributed by atoms with Crippen LogP contribution in [0.1, 0.15) is 18.4 Å². The van der Waals surface area contributed by atoms with Crippen molar-refractivity contribution < 1.29 is 23.1 Å². The summed E-state index contributed by atoms with van der Waals surface area (Å²) in [6.07, 6.45) is -2.45. The van der Waals surface area contributed by atoms with Crippen LogP contribution in [0.15, 0.2) is 36.4 Å². The fourth-order valence-electron chi connectivity index (χ4n) is 2.58. The highest BCUT2D eigenvalue weighted by molar-refractivity contribution is 5.96. The van der Waals surface area contributed by atoms with E-state index in [-0.39, 0.29) is 18.1 Å². The smallest absolute Gasteiger partial charge is 0.396 e. The third-order valence-corrected chi connectivity index (χ3v) is 3.75. The zero-order valence-corrected chi connectivity index (χ0v) is 12.0. The molecule has 0 aromatic heterocycles. The standard InChI is InChI=1S/C16H18F3NO2/c17-16(18,19)14(13-6-2-1-3-7-13)9-15(22)20-8-4-5-12(10-20)11-21/h1-3,6-7,9,12,21H,4-5,8,10-11H2/b14-9-. The van der Waals surface area contributed by atoms with E-state index in [4.69, 9.17) is 5.11 Å². The Balaban J connectivity index is 2.24. The second-order valence-electron chi connectivity index (χ2n) is 5.40. The van der Waals surface area contributed by atoms with Gasteiger partial charge in [-0.2, -0.15) is 13.2 Å². The number of alkyl halides is 3. The third-order valence-electron chi connectivity index (χ3n) is 3.75. The number of aliphatic hydroxyl groups is 1. The Labute approximate surface area is 127 Å². The number of piperidine rings is 1. The predicted molar refractivity (Wildman–Crippen MR) is 76.9 cm³/mol. The third kappa shape index (κ3) is 4.10.